The first-order valence-electron chi connectivity index (χ1n) is 5.13. The molecule has 1 unspecified atom stereocenters. The van der Waals surface area contributed by atoms with Gasteiger partial charge in [0.15, 0.2) is 0 Å². The maximum absolute atomic E-state index is 11.7. The first-order chi connectivity index (χ1) is 8.09. The maximum atomic E-state index is 11.7. The number of amides is 2. The number of hydrogen-bond donors (Lipinski definition) is 2. The summed E-state index contributed by atoms with van der Waals surface area (Å²) in [6, 6.07) is 6.16. The van der Waals surface area contributed by atoms with Crippen molar-refractivity contribution in [3.63, 3.8) is 0 Å². The van der Waals surface area contributed by atoms with E-state index in [4.69, 9.17) is 16.7 Å². The van der Waals surface area contributed by atoms with Crippen molar-refractivity contribution in [1.82, 2.24) is 5.32 Å². The quantitative estimate of drug-likeness (QED) is 0.863. The van der Waals surface area contributed by atoms with Crippen LogP contribution in [0.4, 0.5) is 10.5 Å². The molecule has 90 valence electrons. The van der Waals surface area contributed by atoms with E-state index in [9.17, 15) is 9.59 Å². The summed E-state index contributed by atoms with van der Waals surface area (Å²) in [6.07, 6.45) is -0.107. The Balaban J connectivity index is 2.31. The first-order valence-corrected chi connectivity index (χ1v) is 5.51. The number of anilines is 1. The number of benzene rings is 1. The standard InChI is InChI=1S/C11H11ClN2O3/c12-8-3-1-2-4-9(8)14-7(5-10(15)16)6-13-11(14)17/h1-4,7H,5-6H2,(H,13,17)(H,15,16). The fourth-order valence-electron chi connectivity index (χ4n) is 1.87. The average molecular weight is 255 g/mol. The Bertz CT molecular complexity index is 464. The number of nitrogens with one attached hydrogen (secondary N) is 1. The van der Waals surface area contributed by atoms with Crippen molar-refractivity contribution >= 4 is 29.3 Å². The fraction of sp³-hybridized carbons (Fsp3) is 0.273. The zero-order valence-corrected chi connectivity index (χ0v) is 9.65. The number of carboxylic acid groups (broad SMARTS) is 1. The molecule has 5 nitrogen and oxygen atoms in total. The van der Waals surface area contributed by atoms with E-state index in [1.165, 1.54) is 4.90 Å². The Hall–Kier alpha value is -1.75. The van der Waals surface area contributed by atoms with Gasteiger partial charge in [-0.3, -0.25) is 9.69 Å². The van der Waals surface area contributed by atoms with Crippen LogP contribution in [0, 0.1) is 0 Å². The second kappa shape index (κ2) is 4.63. The summed E-state index contributed by atoms with van der Waals surface area (Å²) in [7, 11) is 0. The van der Waals surface area contributed by atoms with E-state index in [1.54, 1.807) is 24.3 Å². The molecule has 1 heterocycles. The van der Waals surface area contributed by atoms with Gasteiger partial charge in [0.05, 0.1) is 23.2 Å². The van der Waals surface area contributed by atoms with Crippen LogP contribution >= 0.6 is 11.6 Å². The van der Waals surface area contributed by atoms with Gasteiger partial charge in [-0.1, -0.05) is 23.7 Å². The number of carbonyl (C=O) groups excluding carboxylic acids is 1. The molecular weight excluding hydrogens is 244 g/mol. The molecule has 2 N–H and O–H groups in total. The highest BCUT2D eigenvalue weighted by atomic mass is 35.5. The lowest BCUT2D eigenvalue weighted by Crippen LogP contribution is -2.35. The van der Waals surface area contributed by atoms with Crippen molar-refractivity contribution in [3.8, 4) is 0 Å². The van der Waals surface area contributed by atoms with E-state index < -0.39 is 12.0 Å². The molecule has 1 aromatic carbocycles. The van der Waals surface area contributed by atoms with Crippen LogP contribution in [0.15, 0.2) is 24.3 Å². The van der Waals surface area contributed by atoms with Gasteiger partial charge in [-0.15, -0.1) is 0 Å². The molecule has 0 aliphatic carbocycles. The Morgan fingerprint density at radius 2 is 2.24 bits per heavy atom. The van der Waals surface area contributed by atoms with E-state index in [-0.39, 0.29) is 12.5 Å². The zero-order valence-electron chi connectivity index (χ0n) is 8.89. The second-order valence-corrected chi connectivity index (χ2v) is 4.17. The van der Waals surface area contributed by atoms with E-state index in [2.05, 4.69) is 5.32 Å². The van der Waals surface area contributed by atoms with Gasteiger partial charge in [0, 0.05) is 6.54 Å². The number of hydrogen-bond acceptors (Lipinski definition) is 2. The van der Waals surface area contributed by atoms with E-state index >= 15 is 0 Å². The zero-order chi connectivity index (χ0) is 12.4. The van der Waals surface area contributed by atoms with E-state index in [0.717, 1.165) is 0 Å². The van der Waals surface area contributed by atoms with Crippen LogP contribution in [-0.4, -0.2) is 29.7 Å². The van der Waals surface area contributed by atoms with Crippen molar-refractivity contribution in [2.45, 2.75) is 12.5 Å². The van der Waals surface area contributed by atoms with Crippen molar-refractivity contribution < 1.29 is 14.7 Å². The number of para-hydroxylation sites is 1. The summed E-state index contributed by atoms with van der Waals surface area (Å²) in [5.74, 6) is -0.941. The Labute approximate surface area is 103 Å². The number of rotatable bonds is 3. The maximum Gasteiger partial charge on any atom is 0.322 e. The number of aliphatic carboxylic acids is 1. The minimum absolute atomic E-state index is 0.107. The summed E-state index contributed by atoms with van der Waals surface area (Å²) in [6.45, 7) is 0.316. The molecule has 1 aliphatic rings. The van der Waals surface area contributed by atoms with Crippen molar-refractivity contribution in [1.29, 1.82) is 0 Å². The summed E-state index contributed by atoms with van der Waals surface area (Å²) in [5, 5.41) is 11.8. The molecule has 1 fully saturated rings. The van der Waals surface area contributed by atoms with Crippen LogP contribution in [-0.2, 0) is 4.79 Å². The monoisotopic (exact) mass is 254 g/mol. The van der Waals surface area contributed by atoms with Crippen LogP contribution in [0.2, 0.25) is 5.02 Å². The van der Waals surface area contributed by atoms with Gasteiger partial charge < -0.3 is 10.4 Å². The minimum atomic E-state index is -0.941. The van der Waals surface area contributed by atoms with Crippen LogP contribution in [0.5, 0.6) is 0 Å². The van der Waals surface area contributed by atoms with Gasteiger partial charge in [-0.05, 0) is 12.1 Å². The highest BCUT2D eigenvalue weighted by molar-refractivity contribution is 6.33. The molecule has 2 amide bonds. The molecular formula is C11H11ClN2O3. The van der Waals surface area contributed by atoms with Crippen LogP contribution < -0.4 is 10.2 Å². The molecule has 0 bridgehead atoms. The molecule has 0 radical (unpaired) electrons. The van der Waals surface area contributed by atoms with Crippen molar-refractivity contribution in [2.75, 3.05) is 11.4 Å². The topological polar surface area (TPSA) is 69.6 Å². The molecule has 1 aromatic rings. The first kappa shape index (κ1) is 11.7. The molecule has 1 atom stereocenters. The van der Waals surface area contributed by atoms with Gasteiger partial charge in [-0.25, -0.2) is 4.79 Å². The van der Waals surface area contributed by atoms with E-state index in [1.807, 2.05) is 0 Å². The van der Waals surface area contributed by atoms with Crippen LogP contribution in [0.25, 0.3) is 0 Å². The Morgan fingerprint density at radius 1 is 1.53 bits per heavy atom. The second-order valence-electron chi connectivity index (χ2n) is 3.76. The third kappa shape index (κ3) is 2.34. The van der Waals surface area contributed by atoms with Crippen molar-refractivity contribution in [2.24, 2.45) is 0 Å². The minimum Gasteiger partial charge on any atom is -0.481 e. The lowest BCUT2D eigenvalue weighted by atomic mass is 10.2. The summed E-state index contributed by atoms with van der Waals surface area (Å²) < 4.78 is 0. The summed E-state index contributed by atoms with van der Waals surface area (Å²) in [4.78, 5) is 23.8. The van der Waals surface area contributed by atoms with Gasteiger partial charge in [0.1, 0.15) is 0 Å². The molecule has 1 saturated heterocycles. The molecule has 17 heavy (non-hydrogen) atoms. The van der Waals surface area contributed by atoms with Gasteiger partial charge in [-0.2, -0.15) is 0 Å². The number of urea groups is 1. The number of carboxylic acids is 1. The highest BCUT2D eigenvalue weighted by Gasteiger charge is 2.34. The molecule has 6 heteroatoms. The Morgan fingerprint density at radius 3 is 2.88 bits per heavy atom. The Kier molecular flexibility index (Phi) is 3.19. The lowest BCUT2D eigenvalue weighted by molar-refractivity contribution is -0.137. The molecule has 2 rings (SSSR count). The SMILES string of the molecule is O=C(O)CC1CNC(=O)N1c1ccccc1Cl. The third-order valence-corrected chi connectivity index (χ3v) is 2.91. The van der Waals surface area contributed by atoms with Crippen LogP contribution in [0.3, 0.4) is 0 Å². The third-order valence-electron chi connectivity index (χ3n) is 2.60. The average Bonchev–Trinajstić information content (AvgIpc) is 2.60. The summed E-state index contributed by atoms with van der Waals surface area (Å²) >= 11 is 6.00. The van der Waals surface area contributed by atoms with Gasteiger partial charge >= 0.3 is 12.0 Å². The normalized spacial score (nSPS) is 19.2. The van der Waals surface area contributed by atoms with Crippen molar-refractivity contribution in [3.05, 3.63) is 29.3 Å². The fourth-order valence-corrected chi connectivity index (χ4v) is 2.09. The largest absolute Gasteiger partial charge is 0.481 e. The number of halogens is 1. The summed E-state index contributed by atoms with van der Waals surface area (Å²) in [5.41, 5.74) is 0.537. The van der Waals surface area contributed by atoms with Crippen LogP contribution in [0.1, 0.15) is 6.42 Å². The number of carbonyl (C=O) groups is 2. The predicted octanol–water partition coefficient (Wildman–Crippen LogP) is 1.71. The molecule has 1 aliphatic heterocycles. The molecule has 0 spiro atoms. The van der Waals surface area contributed by atoms with Gasteiger partial charge in [0.25, 0.3) is 0 Å². The smallest absolute Gasteiger partial charge is 0.322 e. The number of nitrogens with zero attached hydrogens (tertiary/aromatic N) is 1. The van der Waals surface area contributed by atoms with E-state index in [0.29, 0.717) is 17.3 Å². The molecule has 0 aromatic heterocycles. The highest BCUT2D eigenvalue weighted by Crippen LogP contribution is 2.29. The lowest BCUT2D eigenvalue weighted by Gasteiger charge is -2.22. The predicted molar refractivity (Wildman–Crippen MR) is 63.4 cm³/mol. The molecule has 0 saturated carbocycles. The van der Waals surface area contributed by atoms with Gasteiger partial charge in [0.2, 0.25) is 0 Å².